The summed E-state index contributed by atoms with van der Waals surface area (Å²) in [5.74, 6) is 0.754. The summed E-state index contributed by atoms with van der Waals surface area (Å²) in [7, 11) is 1.59. The van der Waals surface area contributed by atoms with Crippen LogP contribution in [-0.2, 0) is 6.42 Å². The van der Waals surface area contributed by atoms with E-state index in [0.717, 1.165) is 19.8 Å². The van der Waals surface area contributed by atoms with Crippen molar-refractivity contribution in [3.8, 4) is 5.75 Å². The van der Waals surface area contributed by atoms with Crippen molar-refractivity contribution in [1.82, 2.24) is 0 Å². The minimum absolute atomic E-state index is 0.0689. The maximum atomic E-state index is 12.3. The van der Waals surface area contributed by atoms with Crippen LogP contribution in [0.2, 0.25) is 5.02 Å². The molecule has 0 spiro atoms. The number of aryl methyl sites for hydroxylation is 1. The Kier molecular flexibility index (Phi) is 4.66. The van der Waals surface area contributed by atoms with Crippen molar-refractivity contribution >= 4 is 44.7 Å². The monoisotopic (exact) mass is 358 g/mol. The molecular formula is C14H12BrClO2S. The zero-order valence-electron chi connectivity index (χ0n) is 10.5. The van der Waals surface area contributed by atoms with Gasteiger partial charge in [0.25, 0.3) is 0 Å². The lowest BCUT2D eigenvalue weighted by Gasteiger charge is -2.07. The van der Waals surface area contributed by atoms with Gasteiger partial charge in [-0.1, -0.05) is 11.6 Å². The van der Waals surface area contributed by atoms with Crippen LogP contribution in [0.3, 0.4) is 0 Å². The molecule has 0 aliphatic rings. The van der Waals surface area contributed by atoms with Gasteiger partial charge in [-0.25, -0.2) is 0 Å². The topological polar surface area (TPSA) is 26.3 Å². The molecule has 1 heterocycles. The van der Waals surface area contributed by atoms with Crippen molar-refractivity contribution < 1.29 is 9.53 Å². The number of rotatable bonds is 4. The zero-order chi connectivity index (χ0) is 14.0. The molecule has 2 nitrogen and oxygen atoms in total. The molecule has 1 aromatic carbocycles. The van der Waals surface area contributed by atoms with Crippen molar-refractivity contribution in [2.75, 3.05) is 7.11 Å². The Morgan fingerprint density at radius 2 is 2.16 bits per heavy atom. The summed E-state index contributed by atoms with van der Waals surface area (Å²) in [5.41, 5.74) is 1.88. The number of hydrogen-bond acceptors (Lipinski definition) is 3. The Morgan fingerprint density at radius 3 is 2.74 bits per heavy atom. The Balaban J connectivity index is 2.25. The van der Waals surface area contributed by atoms with Gasteiger partial charge in [-0.2, -0.15) is 0 Å². The number of Topliss-reactive ketones (excluding diaryl/α,β-unsaturated/α-hetero) is 1. The molecule has 0 radical (unpaired) electrons. The second-order valence-electron chi connectivity index (χ2n) is 4.12. The van der Waals surface area contributed by atoms with E-state index in [1.54, 1.807) is 25.3 Å². The van der Waals surface area contributed by atoms with E-state index in [0.29, 0.717) is 10.8 Å². The Morgan fingerprint density at radius 1 is 1.42 bits per heavy atom. The molecule has 0 amide bonds. The second kappa shape index (κ2) is 6.07. The minimum atomic E-state index is 0.0689. The highest BCUT2D eigenvalue weighted by molar-refractivity contribution is 9.11. The van der Waals surface area contributed by atoms with E-state index in [1.165, 1.54) is 11.3 Å². The van der Waals surface area contributed by atoms with E-state index >= 15 is 0 Å². The van der Waals surface area contributed by atoms with Crippen LogP contribution in [0.4, 0.5) is 0 Å². The smallest absolute Gasteiger partial charge is 0.177 e. The van der Waals surface area contributed by atoms with Crippen LogP contribution in [0.25, 0.3) is 0 Å². The zero-order valence-corrected chi connectivity index (χ0v) is 13.7. The number of benzene rings is 1. The molecular weight excluding hydrogens is 348 g/mol. The molecule has 2 aromatic rings. The highest BCUT2D eigenvalue weighted by Gasteiger charge is 2.14. The molecule has 0 aliphatic carbocycles. The van der Waals surface area contributed by atoms with Gasteiger partial charge in [0.1, 0.15) is 5.75 Å². The van der Waals surface area contributed by atoms with Crippen LogP contribution >= 0.6 is 38.9 Å². The van der Waals surface area contributed by atoms with Crippen LogP contribution in [0.5, 0.6) is 5.75 Å². The lowest BCUT2D eigenvalue weighted by molar-refractivity contribution is 0.0996. The van der Waals surface area contributed by atoms with Gasteiger partial charge in [-0.05, 0) is 52.7 Å². The molecule has 0 fully saturated rings. The number of halogens is 2. The number of ketones is 1. The van der Waals surface area contributed by atoms with Crippen LogP contribution in [0, 0.1) is 6.92 Å². The summed E-state index contributed by atoms with van der Waals surface area (Å²) in [6, 6.07) is 7.20. The maximum absolute atomic E-state index is 12.3. The van der Waals surface area contributed by atoms with E-state index in [1.807, 2.05) is 13.0 Å². The van der Waals surface area contributed by atoms with Crippen LogP contribution < -0.4 is 4.74 Å². The average Bonchev–Trinajstić information content (AvgIpc) is 2.70. The second-order valence-corrected chi connectivity index (χ2v) is 6.93. The first kappa shape index (κ1) is 14.6. The molecule has 0 saturated heterocycles. The fourth-order valence-electron chi connectivity index (χ4n) is 1.74. The molecule has 0 saturated carbocycles. The molecule has 2 rings (SSSR count). The van der Waals surface area contributed by atoms with E-state index in [2.05, 4.69) is 15.9 Å². The standard InChI is InChI=1S/C14H12BrClO2S/c1-8-5-13(19-14(8)15)11(17)7-9-6-10(16)3-4-12(9)18-2/h3-6H,7H2,1-2H3. The molecule has 0 bridgehead atoms. The lowest BCUT2D eigenvalue weighted by Crippen LogP contribution is -2.03. The average molecular weight is 360 g/mol. The SMILES string of the molecule is COc1ccc(Cl)cc1CC(=O)c1cc(C)c(Br)s1. The van der Waals surface area contributed by atoms with Crippen LogP contribution in [0.1, 0.15) is 20.8 Å². The summed E-state index contributed by atoms with van der Waals surface area (Å²) < 4.78 is 6.24. The van der Waals surface area contributed by atoms with E-state index < -0.39 is 0 Å². The fraction of sp³-hybridized carbons (Fsp3) is 0.214. The molecule has 1 aromatic heterocycles. The molecule has 0 atom stereocenters. The molecule has 0 unspecified atom stereocenters. The first-order valence-electron chi connectivity index (χ1n) is 5.63. The highest BCUT2D eigenvalue weighted by atomic mass is 79.9. The predicted molar refractivity (Wildman–Crippen MR) is 82.8 cm³/mol. The molecule has 0 aliphatic heterocycles. The van der Waals surface area contributed by atoms with Crippen molar-refractivity contribution in [2.45, 2.75) is 13.3 Å². The van der Waals surface area contributed by atoms with E-state index in [9.17, 15) is 4.79 Å². The summed E-state index contributed by atoms with van der Waals surface area (Å²) >= 11 is 10.8. The highest BCUT2D eigenvalue weighted by Crippen LogP contribution is 2.30. The van der Waals surface area contributed by atoms with Crippen molar-refractivity contribution in [3.63, 3.8) is 0 Å². The molecule has 19 heavy (non-hydrogen) atoms. The van der Waals surface area contributed by atoms with Gasteiger partial charge in [0, 0.05) is 17.0 Å². The van der Waals surface area contributed by atoms with Crippen LogP contribution in [-0.4, -0.2) is 12.9 Å². The number of methoxy groups -OCH3 is 1. The van der Waals surface area contributed by atoms with Gasteiger partial charge in [0.05, 0.1) is 15.8 Å². The largest absolute Gasteiger partial charge is 0.496 e. The van der Waals surface area contributed by atoms with E-state index in [4.69, 9.17) is 16.3 Å². The summed E-state index contributed by atoms with van der Waals surface area (Å²) in [4.78, 5) is 13.0. The van der Waals surface area contributed by atoms with Gasteiger partial charge in [-0.3, -0.25) is 4.79 Å². The Bertz CT molecular complexity index is 602. The van der Waals surface area contributed by atoms with Gasteiger partial charge in [-0.15, -0.1) is 11.3 Å². The van der Waals surface area contributed by atoms with Gasteiger partial charge in [0.15, 0.2) is 5.78 Å². The summed E-state index contributed by atoms with van der Waals surface area (Å²) in [5, 5.41) is 0.604. The Hall–Kier alpha value is -0.840. The summed E-state index contributed by atoms with van der Waals surface area (Å²) in [6.07, 6.45) is 0.288. The number of ether oxygens (including phenoxy) is 1. The van der Waals surface area contributed by atoms with Crippen LogP contribution in [0.15, 0.2) is 28.1 Å². The number of carbonyl (C=O) groups is 1. The maximum Gasteiger partial charge on any atom is 0.177 e. The Labute approximate surface area is 129 Å². The molecule has 5 heteroatoms. The normalized spacial score (nSPS) is 10.5. The number of carbonyl (C=O) groups excluding carboxylic acids is 1. The summed E-state index contributed by atoms with van der Waals surface area (Å²) in [6.45, 7) is 1.97. The quantitative estimate of drug-likeness (QED) is 0.725. The lowest BCUT2D eigenvalue weighted by atomic mass is 10.1. The van der Waals surface area contributed by atoms with Gasteiger partial charge < -0.3 is 4.74 Å². The van der Waals surface area contributed by atoms with Crippen molar-refractivity contribution in [2.24, 2.45) is 0 Å². The predicted octanol–water partition coefficient (Wildman–Crippen LogP) is 4.91. The fourth-order valence-corrected chi connectivity index (χ4v) is 3.41. The third-order valence-electron chi connectivity index (χ3n) is 2.73. The van der Waals surface area contributed by atoms with Gasteiger partial charge >= 0.3 is 0 Å². The first-order chi connectivity index (χ1) is 9.01. The van der Waals surface area contributed by atoms with Crippen molar-refractivity contribution in [1.29, 1.82) is 0 Å². The number of hydrogen-bond donors (Lipinski definition) is 0. The first-order valence-corrected chi connectivity index (χ1v) is 7.61. The third-order valence-corrected chi connectivity index (χ3v) is 5.14. The number of thiophene rings is 1. The van der Waals surface area contributed by atoms with Crippen molar-refractivity contribution in [3.05, 3.63) is 49.1 Å². The minimum Gasteiger partial charge on any atom is -0.496 e. The molecule has 100 valence electrons. The van der Waals surface area contributed by atoms with Gasteiger partial charge in [0.2, 0.25) is 0 Å². The third kappa shape index (κ3) is 3.38. The van der Waals surface area contributed by atoms with E-state index in [-0.39, 0.29) is 12.2 Å². The molecule has 0 N–H and O–H groups in total.